The molecule has 1 N–H and O–H groups in total. The molecule has 1 aromatic heterocycles. The molecular weight excluding hydrogens is 432 g/mol. The Hall–Kier alpha value is -3.56. The Balaban J connectivity index is 1.13. The average molecular weight is 463 g/mol. The van der Waals surface area contributed by atoms with Gasteiger partial charge in [-0.3, -0.25) is 19.8 Å². The van der Waals surface area contributed by atoms with E-state index in [1.165, 1.54) is 22.4 Å². The molecule has 0 saturated carbocycles. The predicted molar refractivity (Wildman–Crippen MR) is 130 cm³/mol. The minimum Gasteiger partial charge on any atom is -0.351 e. The summed E-state index contributed by atoms with van der Waals surface area (Å²) in [6.45, 7) is 6.96. The maximum atomic E-state index is 12.4. The standard InChI is InChI=1S/C25H30N6O3/c32-25(24-11-14-30(27-24)22-9-6-10-23(19-22)31(33)34)26-12-4-5-13-28-15-17-29(18-16-28)20-21-7-2-1-3-8-21/h1-3,6-11,14,19H,4-5,12-13,15-18,20H2,(H,26,32). The quantitative estimate of drug-likeness (QED) is 0.283. The number of aromatic nitrogens is 2. The van der Waals surface area contributed by atoms with Gasteiger partial charge in [0.15, 0.2) is 5.69 Å². The third-order valence-electron chi connectivity index (χ3n) is 6.03. The molecule has 1 aliphatic heterocycles. The third-order valence-corrected chi connectivity index (χ3v) is 6.03. The van der Waals surface area contributed by atoms with Crippen LogP contribution in [0.4, 0.5) is 5.69 Å². The van der Waals surface area contributed by atoms with Gasteiger partial charge in [-0.25, -0.2) is 4.68 Å². The van der Waals surface area contributed by atoms with Crippen molar-refractivity contribution in [3.63, 3.8) is 0 Å². The van der Waals surface area contributed by atoms with E-state index >= 15 is 0 Å². The van der Waals surface area contributed by atoms with Gasteiger partial charge in [0.2, 0.25) is 0 Å². The van der Waals surface area contributed by atoms with E-state index in [0.717, 1.165) is 52.1 Å². The Morgan fingerprint density at radius 1 is 0.971 bits per heavy atom. The topological polar surface area (TPSA) is 96.5 Å². The summed E-state index contributed by atoms with van der Waals surface area (Å²) >= 11 is 0. The number of rotatable bonds is 10. The van der Waals surface area contributed by atoms with Crippen LogP contribution in [0.5, 0.6) is 0 Å². The normalized spacial score (nSPS) is 14.7. The first-order valence-electron chi connectivity index (χ1n) is 11.7. The van der Waals surface area contributed by atoms with E-state index in [1.54, 1.807) is 24.4 Å². The Bertz CT molecular complexity index is 1090. The van der Waals surface area contributed by atoms with Crippen molar-refractivity contribution >= 4 is 11.6 Å². The Labute approximate surface area is 199 Å². The lowest BCUT2D eigenvalue weighted by Gasteiger charge is -2.34. The Morgan fingerprint density at radius 3 is 2.50 bits per heavy atom. The molecular formula is C25H30N6O3. The molecule has 0 atom stereocenters. The maximum Gasteiger partial charge on any atom is 0.271 e. The first-order chi connectivity index (χ1) is 16.6. The van der Waals surface area contributed by atoms with Crippen molar-refractivity contribution in [2.75, 3.05) is 39.3 Å². The molecule has 0 spiro atoms. The number of piperazine rings is 1. The summed E-state index contributed by atoms with van der Waals surface area (Å²) in [5, 5.41) is 18.1. The molecule has 0 bridgehead atoms. The fourth-order valence-electron chi connectivity index (χ4n) is 4.10. The number of carbonyl (C=O) groups excluding carboxylic acids is 1. The minimum atomic E-state index is -0.453. The molecule has 4 rings (SSSR count). The fraction of sp³-hybridized carbons (Fsp3) is 0.360. The van der Waals surface area contributed by atoms with Crippen LogP contribution < -0.4 is 5.32 Å². The van der Waals surface area contributed by atoms with E-state index in [2.05, 4.69) is 50.5 Å². The molecule has 1 amide bonds. The molecule has 0 unspecified atom stereocenters. The average Bonchev–Trinajstić information content (AvgIpc) is 3.36. The number of hydrogen-bond acceptors (Lipinski definition) is 6. The van der Waals surface area contributed by atoms with E-state index < -0.39 is 4.92 Å². The number of benzene rings is 2. The molecule has 1 fully saturated rings. The monoisotopic (exact) mass is 462 g/mol. The number of non-ortho nitro benzene ring substituents is 1. The zero-order valence-corrected chi connectivity index (χ0v) is 19.2. The molecule has 3 aromatic rings. The zero-order valence-electron chi connectivity index (χ0n) is 19.2. The van der Waals surface area contributed by atoms with Crippen LogP contribution in [0.3, 0.4) is 0 Å². The second kappa shape index (κ2) is 11.5. The SMILES string of the molecule is O=C(NCCCCN1CCN(Cc2ccccc2)CC1)c1ccn(-c2cccc([N+](=O)[O-])c2)n1. The highest BCUT2D eigenvalue weighted by Gasteiger charge is 2.17. The van der Waals surface area contributed by atoms with Crippen LogP contribution >= 0.6 is 0 Å². The van der Waals surface area contributed by atoms with Crippen LogP contribution in [0.15, 0.2) is 66.9 Å². The highest BCUT2D eigenvalue weighted by atomic mass is 16.6. The molecule has 9 heteroatoms. The number of hydrogen-bond donors (Lipinski definition) is 1. The van der Waals surface area contributed by atoms with Gasteiger partial charge in [-0.15, -0.1) is 0 Å². The summed E-state index contributed by atoms with van der Waals surface area (Å²) in [7, 11) is 0. The van der Waals surface area contributed by atoms with Gasteiger partial charge in [0.05, 0.1) is 10.6 Å². The maximum absolute atomic E-state index is 12.4. The van der Waals surface area contributed by atoms with Gasteiger partial charge in [-0.2, -0.15) is 5.10 Å². The summed E-state index contributed by atoms with van der Waals surface area (Å²) in [5.74, 6) is -0.237. The number of nitro benzene ring substituents is 1. The highest BCUT2D eigenvalue weighted by molar-refractivity contribution is 5.92. The fourth-order valence-corrected chi connectivity index (χ4v) is 4.10. The number of nitrogens with one attached hydrogen (secondary N) is 1. The Morgan fingerprint density at radius 2 is 1.74 bits per heavy atom. The van der Waals surface area contributed by atoms with Crippen molar-refractivity contribution in [1.82, 2.24) is 24.9 Å². The smallest absolute Gasteiger partial charge is 0.271 e. The summed E-state index contributed by atoms with van der Waals surface area (Å²) < 4.78 is 1.47. The summed E-state index contributed by atoms with van der Waals surface area (Å²) in [5.41, 5.74) is 2.18. The molecule has 0 radical (unpaired) electrons. The lowest BCUT2D eigenvalue weighted by atomic mass is 10.2. The van der Waals surface area contributed by atoms with Gasteiger partial charge in [0.1, 0.15) is 0 Å². The van der Waals surface area contributed by atoms with Crippen molar-refractivity contribution in [3.8, 4) is 5.69 Å². The first kappa shape index (κ1) is 23.6. The van der Waals surface area contributed by atoms with Crippen LogP contribution in [-0.4, -0.2) is 69.7 Å². The lowest BCUT2D eigenvalue weighted by Crippen LogP contribution is -2.46. The molecule has 34 heavy (non-hydrogen) atoms. The van der Waals surface area contributed by atoms with Gasteiger partial charge >= 0.3 is 0 Å². The van der Waals surface area contributed by atoms with Gasteiger partial charge in [-0.1, -0.05) is 36.4 Å². The molecule has 1 aliphatic rings. The number of nitrogens with zero attached hydrogens (tertiary/aromatic N) is 5. The van der Waals surface area contributed by atoms with Gasteiger partial charge in [0, 0.05) is 57.6 Å². The van der Waals surface area contributed by atoms with Crippen molar-refractivity contribution in [1.29, 1.82) is 0 Å². The second-order valence-electron chi connectivity index (χ2n) is 8.49. The molecule has 0 aliphatic carbocycles. The van der Waals surface area contributed by atoms with Crippen LogP contribution in [0.1, 0.15) is 28.9 Å². The van der Waals surface area contributed by atoms with Gasteiger partial charge in [0.25, 0.3) is 11.6 Å². The largest absolute Gasteiger partial charge is 0.351 e. The van der Waals surface area contributed by atoms with Crippen molar-refractivity contribution < 1.29 is 9.72 Å². The van der Waals surface area contributed by atoms with Gasteiger partial charge < -0.3 is 10.2 Å². The van der Waals surface area contributed by atoms with Crippen molar-refractivity contribution in [2.24, 2.45) is 0 Å². The number of amides is 1. The third kappa shape index (κ3) is 6.49. The molecule has 9 nitrogen and oxygen atoms in total. The first-order valence-corrected chi connectivity index (χ1v) is 11.7. The Kier molecular flexibility index (Phi) is 8.00. The highest BCUT2D eigenvalue weighted by Crippen LogP contribution is 2.16. The van der Waals surface area contributed by atoms with Crippen LogP contribution in [0.25, 0.3) is 5.69 Å². The van der Waals surface area contributed by atoms with Crippen molar-refractivity contribution in [2.45, 2.75) is 19.4 Å². The van der Waals surface area contributed by atoms with E-state index in [0.29, 0.717) is 17.9 Å². The number of nitro groups is 1. The van der Waals surface area contributed by atoms with E-state index in [1.807, 2.05) is 0 Å². The summed E-state index contributed by atoms with van der Waals surface area (Å²) in [4.78, 5) is 27.9. The molecule has 2 heterocycles. The second-order valence-corrected chi connectivity index (χ2v) is 8.49. The predicted octanol–water partition coefficient (Wildman–Crippen LogP) is 3.11. The van der Waals surface area contributed by atoms with Crippen LogP contribution in [-0.2, 0) is 6.54 Å². The van der Waals surface area contributed by atoms with E-state index in [-0.39, 0.29) is 11.6 Å². The molecule has 1 saturated heterocycles. The zero-order chi connectivity index (χ0) is 23.8. The number of carbonyl (C=O) groups is 1. The summed E-state index contributed by atoms with van der Waals surface area (Å²) in [6, 6.07) is 18.4. The minimum absolute atomic E-state index is 0.0170. The van der Waals surface area contributed by atoms with Crippen LogP contribution in [0, 0.1) is 10.1 Å². The molecule has 2 aromatic carbocycles. The van der Waals surface area contributed by atoms with E-state index in [4.69, 9.17) is 0 Å². The van der Waals surface area contributed by atoms with E-state index in [9.17, 15) is 14.9 Å². The van der Waals surface area contributed by atoms with Crippen molar-refractivity contribution in [3.05, 3.63) is 88.2 Å². The lowest BCUT2D eigenvalue weighted by molar-refractivity contribution is -0.384. The van der Waals surface area contributed by atoms with Crippen LogP contribution in [0.2, 0.25) is 0 Å². The number of unbranched alkanes of at least 4 members (excludes halogenated alkanes) is 1. The van der Waals surface area contributed by atoms with Gasteiger partial charge in [-0.05, 0) is 37.1 Å². The molecule has 178 valence electrons. The summed E-state index contributed by atoms with van der Waals surface area (Å²) in [6.07, 6.45) is 3.56.